The Kier molecular flexibility index (Phi) is 6.32. The fraction of sp³-hybridized carbons (Fsp3) is 0.462. The Morgan fingerprint density at radius 2 is 2.17 bits per heavy atom. The van der Waals surface area contributed by atoms with Crippen LogP contribution < -0.4 is 4.74 Å². The summed E-state index contributed by atoms with van der Waals surface area (Å²) < 4.78 is 11.3. The van der Waals surface area contributed by atoms with Gasteiger partial charge in [0.25, 0.3) is 0 Å². The van der Waals surface area contributed by atoms with Crippen LogP contribution in [0.2, 0.25) is 0 Å². The Morgan fingerprint density at radius 3 is 2.78 bits per heavy atom. The van der Waals surface area contributed by atoms with Crippen molar-refractivity contribution in [2.45, 2.75) is 20.0 Å². The summed E-state index contributed by atoms with van der Waals surface area (Å²) in [5.74, 6) is 0.395. The molecule has 100 valence electrons. The van der Waals surface area contributed by atoms with Gasteiger partial charge in [-0.05, 0) is 32.0 Å². The Balaban J connectivity index is 2.64. The number of aliphatic hydroxyl groups is 1. The molecule has 0 saturated heterocycles. The maximum atomic E-state index is 11.4. The molecule has 1 aromatic rings. The van der Waals surface area contributed by atoms with E-state index in [2.05, 4.69) is 15.9 Å². The lowest BCUT2D eigenvalue weighted by molar-refractivity contribution is 0.0163. The molecule has 0 aliphatic heterocycles. The maximum absolute atomic E-state index is 11.4. The van der Waals surface area contributed by atoms with Gasteiger partial charge in [-0.15, -0.1) is 0 Å². The monoisotopic (exact) mass is 316 g/mol. The van der Waals surface area contributed by atoms with Crippen molar-refractivity contribution in [3.63, 3.8) is 0 Å². The summed E-state index contributed by atoms with van der Waals surface area (Å²) in [6, 6.07) is 5.19. The molecule has 0 amide bonds. The van der Waals surface area contributed by atoms with E-state index in [1.54, 1.807) is 18.2 Å². The van der Waals surface area contributed by atoms with E-state index in [0.717, 1.165) is 4.47 Å². The Bertz CT molecular complexity index is 406. The van der Waals surface area contributed by atoms with Gasteiger partial charge in [0.05, 0.1) is 12.2 Å². The van der Waals surface area contributed by atoms with Crippen LogP contribution in [0.4, 0.5) is 0 Å². The Hall–Kier alpha value is -0.910. The van der Waals surface area contributed by atoms with Crippen molar-refractivity contribution in [2.75, 3.05) is 19.8 Å². The normalized spacial score (nSPS) is 12.2. The summed E-state index contributed by atoms with van der Waals surface area (Å²) >= 11 is 3.30. The van der Waals surface area contributed by atoms with Crippen LogP contribution in [0, 0.1) is 0 Å². The highest BCUT2D eigenvalue weighted by Gasteiger charge is 2.11. The quantitative estimate of drug-likeness (QED) is 0.785. The second-order valence-electron chi connectivity index (χ2n) is 3.82. The van der Waals surface area contributed by atoms with Gasteiger partial charge in [0.2, 0.25) is 0 Å². The average molecular weight is 317 g/mol. The van der Waals surface area contributed by atoms with E-state index in [9.17, 15) is 9.90 Å². The van der Waals surface area contributed by atoms with E-state index in [1.807, 2.05) is 6.92 Å². The van der Waals surface area contributed by atoms with Gasteiger partial charge in [-0.2, -0.15) is 0 Å². The predicted molar refractivity (Wildman–Crippen MR) is 72.1 cm³/mol. The first kappa shape index (κ1) is 15.1. The van der Waals surface area contributed by atoms with E-state index < -0.39 is 6.10 Å². The number of aliphatic hydroxyl groups excluding tert-OH is 1. The van der Waals surface area contributed by atoms with E-state index in [1.165, 1.54) is 6.92 Å². The van der Waals surface area contributed by atoms with Crippen molar-refractivity contribution in [2.24, 2.45) is 0 Å². The molecule has 18 heavy (non-hydrogen) atoms. The predicted octanol–water partition coefficient (Wildman–Crippen LogP) is 2.43. The summed E-state index contributed by atoms with van der Waals surface area (Å²) in [5.41, 5.74) is 0.494. The highest BCUT2D eigenvalue weighted by molar-refractivity contribution is 9.10. The smallest absolute Gasteiger partial charge is 0.163 e. The molecule has 1 atom stereocenters. The van der Waals surface area contributed by atoms with E-state index in [0.29, 0.717) is 17.9 Å². The number of benzene rings is 1. The van der Waals surface area contributed by atoms with Crippen LogP contribution in [-0.4, -0.2) is 36.8 Å². The van der Waals surface area contributed by atoms with E-state index in [-0.39, 0.29) is 19.0 Å². The zero-order valence-corrected chi connectivity index (χ0v) is 12.1. The summed E-state index contributed by atoms with van der Waals surface area (Å²) in [4.78, 5) is 11.4. The number of halogens is 1. The summed E-state index contributed by atoms with van der Waals surface area (Å²) in [6.45, 7) is 4.21. The highest BCUT2D eigenvalue weighted by atomic mass is 79.9. The van der Waals surface area contributed by atoms with Crippen molar-refractivity contribution in [1.82, 2.24) is 0 Å². The summed E-state index contributed by atoms with van der Waals surface area (Å²) in [5, 5.41) is 9.58. The van der Waals surface area contributed by atoms with Crippen molar-refractivity contribution >= 4 is 21.7 Å². The number of hydrogen-bond acceptors (Lipinski definition) is 4. The van der Waals surface area contributed by atoms with E-state index in [4.69, 9.17) is 9.47 Å². The third-order valence-corrected chi connectivity index (χ3v) is 2.76. The van der Waals surface area contributed by atoms with Crippen LogP contribution >= 0.6 is 15.9 Å². The zero-order chi connectivity index (χ0) is 13.5. The molecule has 4 nitrogen and oxygen atoms in total. The number of ketones is 1. The molecule has 0 radical (unpaired) electrons. The molecule has 1 N–H and O–H groups in total. The van der Waals surface area contributed by atoms with Crippen LogP contribution in [0.1, 0.15) is 24.2 Å². The molecule has 1 aromatic carbocycles. The van der Waals surface area contributed by atoms with Gasteiger partial charge in [-0.3, -0.25) is 4.79 Å². The lowest BCUT2D eigenvalue weighted by Gasteiger charge is -2.14. The molecular formula is C13H17BrO4. The molecule has 0 heterocycles. The lowest BCUT2D eigenvalue weighted by atomic mass is 10.1. The molecule has 0 saturated carbocycles. The second-order valence-corrected chi connectivity index (χ2v) is 4.74. The topological polar surface area (TPSA) is 55.8 Å². The third-order valence-electron chi connectivity index (χ3n) is 2.27. The minimum Gasteiger partial charge on any atom is -0.490 e. The number of ether oxygens (including phenoxy) is 2. The fourth-order valence-electron chi connectivity index (χ4n) is 1.39. The number of hydrogen-bond donors (Lipinski definition) is 1. The molecule has 0 bridgehead atoms. The molecular weight excluding hydrogens is 300 g/mol. The van der Waals surface area contributed by atoms with Crippen LogP contribution in [0.25, 0.3) is 0 Å². The van der Waals surface area contributed by atoms with E-state index >= 15 is 0 Å². The van der Waals surface area contributed by atoms with Crippen LogP contribution in [0.15, 0.2) is 22.7 Å². The molecule has 0 aliphatic carbocycles. The number of Topliss-reactive ketones (excluding diaryl/α,β-unsaturated/α-hetero) is 1. The van der Waals surface area contributed by atoms with Crippen molar-refractivity contribution < 1.29 is 19.4 Å². The van der Waals surface area contributed by atoms with Crippen LogP contribution in [0.5, 0.6) is 5.75 Å². The molecule has 1 rings (SSSR count). The standard InChI is InChI=1S/C13H17BrO4/c1-3-17-7-11(16)8-18-13-5-4-10(14)6-12(13)9(2)15/h4-6,11,16H,3,7-8H2,1-2H3. The fourth-order valence-corrected chi connectivity index (χ4v) is 1.75. The molecule has 0 fully saturated rings. The van der Waals surface area contributed by atoms with Gasteiger partial charge in [-0.25, -0.2) is 0 Å². The first-order valence-electron chi connectivity index (χ1n) is 5.73. The third kappa shape index (κ3) is 4.76. The maximum Gasteiger partial charge on any atom is 0.163 e. The molecule has 0 spiro atoms. The number of carbonyl (C=O) groups excluding carboxylic acids is 1. The van der Waals surface area contributed by atoms with Crippen molar-refractivity contribution in [3.8, 4) is 5.75 Å². The van der Waals surface area contributed by atoms with Gasteiger partial charge in [0.1, 0.15) is 18.5 Å². The van der Waals surface area contributed by atoms with Crippen molar-refractivity contribution in [1.29, 1.82) is 0 Å². The Labute approximate surface area is 115 Å². The van der Waals surface area contributed by atoms with Gasteiger partial charge in [0.15, 0.2) is 5.78 Å². The molecule has 0 aromatic heterocycles. The largest absolute Gasteiger partial charge is 0.490 e. The first-order chi connectivity index (χ1) is 8.54. The average Bonchev–Trinajstić information content (AvgIpc) is 2.34. The zero-order valence-electron chi connectivity index (χ0n) is 10.5. The minimum atomic E-state index is -0.701. The van der Waals surface area contributed by atoms with Gasteiger partial charge >= 0.3 is 0 Å². The second kappa shape index (κ2) is 7.51. The minimum absolute atomic E-state index is 0.0782. The summed E-state index contributed by atoms with van der Waals surface area (Å²) in [6.07, 6.45) is -0.701. The molecule has 5 heteroatoms. The van der Waals surface area contributed by atoms with Crippen LogP contribution in [-0.2, 0) is 4.74 Å². The number of rotatable bonds is 7. The highest BCUT2D eigenvalue weighted by Crippen LogP contribution is 2.23. The van der Waals surface area contributed by atoms with Crippen molar-refractivity contribution in [3.05, 3.63) is 28.2 Å². The summed E-state index contributed by atoms with van der Waals surface area (Å²) in [7, 11) is 0. The van der Waals surface area contributed by atoms with Gasteiger partial charge in [0, 0.05) is 11.1 Å². The van der Waals surface area contributed by atoms with Gasteiger partial charge in [-0.1, -0.05) is 15.9 Å². The van der Waals surface area contributed by atoms with Crippen LogP contribution in [0.3, 0.4) is 0 Å². The number of carbonyl (C=O) groups is 1. The Morgan fingerprint density at radius 1 is 1.44 bits per heavy atom. The lowest BCUT2D eigenvalue weighted by Crippen LogP contribution is -2.23. The molecule has 1 unspecified atom stereocenters. The first-order valence-corrected chi connectivity index (χ1v) is 6.53. The van der Waals surface area contributed by atoms with Gasteiger partial charge < -0.3 is 14.6 Å². The SMILES string of the molecule is CCOCC(O)COc1ccc(Br)cc1C(C)=O. The molecule has 0 aliphatic rings.